The van der Waals surface area contributed by atoms with E-state index < -0.39 is 15.6 Å². The fourth-order valence-corrected chi connectivity index (χ4v) is 6.45. The normalized spacial score (nSPS) is 16.5. The molecule has 0 radical (unpaired) electrons. The zero-order chi connectivity index (χ0) is 26.1. The van der Waals surface area contributed by atoms with Crippen LogP contribution in [0.5, 0.6) is 0 Å². The van der Waals surface area contributed by atoms with Gasteiger partial charge in [-0.1, -0.05) is 18.2 Å². The summed E-state index contributed by atoms with van der Waals surface area (Å²) >= 11 is 0. The Bertz CT molecular complexity index is 1260. The largest absolute Gasteiger partial charge is 0.444 e. The summed E-state index contributed by atoms with van der Waals surface area (Å²) in [5.74, 6) is -0.201. The molecule has 9 heteroatoms. The van der Waals surface area contributed by atoms with Crippen molar-refractivity contribution in [1.82, 2.24) is 9.62 Å². The minimum Gasteiger partial charge on any atom is -0.444 e. The number of nitrogens with zero attached hydrogens (tertiary/aromatic N) is 1. The summed E-state index contributed by atoms with van der Waals surface area (Å²) in [6.07, 6.45) is 2.87. The number of ether oxygens (including phenoxy) is 1. The van der Waals surface area contributed by atoms with Gasteiger partial charge in [-0.2, -0.15) is 0 Å². The summed E-state index contributed by atoms with van der Waals surface area (Å²) in [5.41, 5.74) is 3.24. The van der Waals surface area contributed by atoms with Gasteiger partial charge in [0.05, 0.1) is 4.90 Å². The highest BCUT2D eigenvalue weighted by molar-refractivity contribution is 7.89. The summed E-state index contributed by atoms with van der Waals surface area (Å²) in [5, 5.41) is 2.99. The smallest absolute Gasteiger partial charge is 0.410 e. The van der Waals surface area contributed by atoms with Crippen molar-refractivity contribution in [2.45, 2.75) is 76.3 Å². The average Bonchev–Trinajstić information content (AvgIpc) is 3.28. The predicted molar refractivity (Wildman–Crippen MR) is 139 cm³/mol. The van der Waals surface area contributed by atoms with Crippen LogP contribution in [0.2, 0.25) is 0 Å². The lowest BCUT2D eigenvalue weighted by molar-refractivity contribution is 0.0203. The fourth-order valence-electron chi connectivity index (χ4n) is 4.85. The van der Waals surface area contributed by atoms with Gasteiger partial charge >= 0.3 is 6.09 Å². The topological polar surface area (TPSA) is 105 Å². The lowest BCUT2D eigenvalue weighted by Gasteiger charge is -2.33. The van der Waals surface area contributed by atoms with Gasteiger partial charge in [0.2, 0.25) is 10.0 Å². The first-order valence-electron chi connectivity index (χ1n) is 12.5. The van der Waals surface area contributed by atoms with Gasteiger partial charge in [0.15, 0.2) is 0 Å². The molecule has 0 atom stereocenters. The van der Waals surface area contributed by atoms with E-state index in [4.69, 9.17) is 4.74 Å². The van der Waals surface area contributed by atoms with Crippen LogP contribution in [0.3, 0.4) is 0 Å². The molecule has 0 saturated carbocycles. The molecule has 2 aliphatic rings. The molecule has 4 rings (SSSR count). The number of sulfonamides is 1. The molecule has 1 heterocycles. The highest BCUT2D eigenvalue weighted by Crippen LogP contribution is 2.34. The van der Waals surface area contributed by atoms with Gasteiger partial charge < -0.3 is 15.0 Å². The summed E-state index contributed by atoms with van der Waals surface area (Å²) in [7, 11) is -3.75. The van der Waals surface area contributed by atoms with Gasteiger partial charge in [0.25, 0.3) is 5.91 Å². The molecule has 2 aromatic carbocycles. The van der Waals surface area contributed by atoms with Crippen LogP contribution in [0.1, 0.15) is 67.1 Å². The second-order valence-electron chi connectivity index (χ2n) is 10.6. The van der Waals surface area contributed by atoms with E-state index in [9.17, 15) is 18.0 Å². The number of carbonyl (C=O) groups excluding carboxylic acids is 2. The van der Waals surface area contributed by atoms with Crippen molar-refractivity contribution in [3.05, 3.63) is 58.7 Å². The van der Waals surface area contributed by atoms with Gasteiger partial charge in [-0.25, -0.2) is 17.9 Å². The molecule has 2 N–H and O–H groups in total. The average molecular weight is 514 g/mol. The molecule has 0 spiro atoms. The van der Waals surface area contributed by atoms with Crippen molar-refractivity contribution < 1.29 is 22.7 Å². The third kappa shape index (κ3) is 5.90. The molecule has 1 fully saturated rings. The van der Waals surface area contributed by atoms with Crippen LogP contribution >= 0.6 is 0 Å². The molecule has 1 aliphatic carbocycles. The number of amides is 2. The van der Waals surface area contributed by atoms with E-state index in [-0.39, 0.29) is 22.9 Å². The number of likely N-dealkylation sites (tertiary alicyclic amines) is 1. The Labute approximate surface area is 213 Å². The van der Waals surface area contributed by atoms with Crippen LogP contribution in [-0.2, 0) is 27.6 Å². The van der Waals surface area contributed by atoms with E-state index in [0.717, 1.165) is 29.5 Å². The molecular formula is C27H35N3O5S. The zero-order valence-electron chi connectivity index (χ0n) is 21.4. The van der Waals surface area contributed by atoms with E-state index in [1.807, 2.05) is 45.9 Å². The number of fused-ring (bicyclic) bond motifs is 1. The molecule has 1 aliphatic heterocycles. The monoisotopic (exact) mass is 513 g/mol. The van der Waals surface area contributed by atoms with Gasteiger partial charge in [0, 0.05) is 30.4 Å². The molecule has 36 heavy (non-hydrogen) atoms. The van der Waals surface area contributed by atoms with Gasteiger partial charge in [-0.3, -0.25) is 4.79 Å². The third-order valence-electron chi connectivity index (χ3n) is 6.64. The van der Waals surface area contributed by atoms with E-state index in [2.05, 4.69) is 10.0 Å². The number of hydrogen-bond donors (Lipinski definition) is 2. The summed E-state index contributed by atoms with van der Waals surface area (Å²) in [4.78, 5) is 27.1. The maximum Gasteiger partial charge on any atom is 0.410 e. The number of rotatable bonds is 5. The lowest BCUT2D eigenvalue weighted by Crippen LogP contribution is -2.47. The summed E-state index contributed by atoms with van der Waals surface area (Å²) in [6.45, 7) is 8.23. The number of hydrogen-bond acceptors (Lipinski definition) is 5. The highest BCUT2D eigenvalue weighted by atomic mass is 32.2. The number of piperidine rings is 1. The first-order chi connectivity index (χ1) is 16.9. The first kappa shape index (κ1) is 26.2. The van der Waals surface area contributed by atoms with Crippen LogP contribution in [-0.4, -0.2) is 50.1 Å². The van der Waals surface area contributed by atoms with E-state index in [1.54, 1.807) is 23.1 Å². The number of nitrogens with one attached hydrogen (secondary N) is 2. The molecule has 8 nitrogen and oxygen atoms in total. The Morgan fingerprint density at radius 3 is 2.33 bits per heavy atom. The second-order valence-corrected chi connectivity index (χ2v) is 12.2. The zero-order valence-corrected chi connectivity index (χ0v) is 22.2. The Balaban J connectivity index is 1.45. The first-order valence-corrected chi connectivity index (χ1v) is 13.9. The van der Waals surface area contributed by atoms with Gasteiger partial charge in [-0.15, -0.1) is 0 Å². The number of carbonyl (C=O) groups is 2. The Morgan fingerprint density at radius 2 is 1.67 bits per heavy atom. The molecular weight excluding hydrogens is 478 g/mol. The van der Waals surface area contributed by atoms with Crippen molar-refractivity contribution >= 4 is 27.7 Å². The van der Waals surface area contributed by atoms with Crippen LogP contribution in [0.4, 0.5) is 10.5 Å². The highest BCUT2D eigenvalue weighted by Gasteiger charge is 2.31. The van der Waals surface area contributed by atoms with Crippen molar-refractivity contribution in [2.24, 2.45) is 0 Å². The Hall–Kier alpha value is -2.91. The van der Waals surface area contributed by atoms with Crippen LogP contribution in [0.25, 0.3) is 0 Å². The quantitative estimate of drug-likeness (QED) is 0.616. The standard InChI is InChI=1S/C27H35N3O5S/c1-18-8-5-6-9-20(18)25(31)28-23-12-13-24(22-11-7-10-21(22)23)36(33,34)29-19-14-16-30(17-15-19)26(32)35-27(2,3)4/h5-6,8-9,12-13,19,29H,7,10-11,14-17H2,1-4H3,(H,28,31). The predicted octanol–water partition coefficient (Wildman–Crippen LogP) is 4.41. The third-order valence-corrected chi connectivity index (χ3v) is 8.24. The molecule has 0 bridgehead atoms. The molecule has 194 valence electrons. The number of benzene rings is 2. The SMILES string of the molecule is Cc1ccccc1C(=O)Nc1ccc(S(=O)(=O)NC2CCN(C(=O)OC(C)(C)C)CC2)c2c1CCC2. The van der Waals surface area contributed by atoms with Crippen molar-refractivity contribution in [2.75, 3.05) is 18.4 Å². The van der Waals surface area contributed by atoms with Crippen LogP contribution < -0.4 is 10.0 Å². The van der Waals surface area contributed by atoms with Crippen LogP contribution in [0, 0.1) is 6.92 Å². The van der Waals surface area contributed by atoms with Gasteiger partial charge in [-0.05, 0) is 94.7 Å². The van der Waals surface area contributed by atoms with Crippen molar-refractivity contribution in [3.8, 4) is 0 Å². The minimum atomic E-state index is -3.75. The fraction of sp³-hybridized carbons (Fsp3) is 0.481. The number of aryl methyl sites for hydroxylation is 1. The van der Waals surface area contributed by atoms with E-state index in [0.29, 0.717) is 43.6 Å². The Kier molecular flexibility index (Phi) is 7.43. The maximum atomic E-state index is 13.4. The minimum absolute atomic E-state index is 0.201. The van der Waals surface area contributed by atoms with Crippen molar-refractivity contribution in [1.29, 1.82) is 0 Å². The summed E-state index contributed by atoms with van der Waals surface area (Å²) < 4.78 is 35.0. The number of anilines is 1. The Morgan fingerprint density at radius 1 is 1.00 bits per heavy atom. The maximum absolute atomic E-state index is 13.4. The molecule has 2 amide bonds. The van der Waals surface area contributed by atoms with Crippen LogP contribution in [0.15, 0.2) is 41.3 Å². The molecule has 1 saturated heterocycles. The van der Waals surface area contributed by atoms with E-state index >= 15 is 0 Å². The van der Waals surface area contributed by atoms with E-state index in [1.165, 1.54) is 0 Å². The molecule has 0 aromatic heterocycles. The summed E-state index contributed by atoms with van der Waals surface area (Å²) in [6, 6.07) is 10.4. The van der Waals surface area contributed by atoms with Gasteiger partial charge in [0.1, 0.15) is 5.60 Å². The molecule has 2 aromatic rings. The van der Waals surface area contributed by atoms with Crippen molar-refractivity contribution in [3.63, 3.8) is 0 Å². The second kappa shape index (κ2) is 10.2. The lowest BCUT2D eigenvalue weighted by atomic mass is 10.1. The molecule has 0 unspecified atom stereocenters.